The van der Waals surface area contributed by atoms with E-state index in [0.29, 0.717) is 12.4 Å². The van der Waals surface area contributed by atoms with E-state index in [1.54, 1.807) is 18.6 Å². The number of rotatable bonds is 2. The number of benzene rings is 1. The molecule has 0 saturated heterocycles. The highest BCUT2D eigenvalue weighted by atomic mass is 16.3. The van der Waals surface area contributed by atoms with Gasteiger partial charge in [0.1, 0.15) is 7.85 Å². The molecule has 5 rings (SSSR count). The number of anilines is 3. The lowest BCUT2D eigenvalue weighted by molar-refractivity contribution is 0.631. The molecule has 3 aromatic heterocycles. The zero-order valence-corrected chi connectivity index (χ0v) is 14.5. The van der Waals surface area contributed by atoms with Crippen LogP contribution in [0.25, 0.3) is 22.1 Å². The summed E-state index contributed by atoms with van der Waals surface area (Å²) in [6.45, 7) is 4.47. The Kier molecular flexibility index (Phi) is 3.04. The van der Waals surface area contributed by atoms with Gasteiger partial charge in [0.25, 0.3) is 0 Å². The largest absolute Gasteiger partial charge is 0.436 e. The fourth-order valence-corrected chi connectivity index (χ4v) is 3.46. The third kappa shape index (κ3) is 2.10. The molecule has 1 aliphatic heterocycles. The number of para-hydroxylation sites is 1. The minimum absolute atomic E-state index is 0.548. The smallest absolute Gasteiger partial charge is 0.227 e. The minimum Gasteiger partial charge on any atom is -0.436 e. The quantitative estimate of drug-likeness (QED) is 0.519. The Hall–Kier alpha value is -3.09. The van der Waals surface area contributed by atoms with Crippen LogP contribution in [0.2, 0.25) is 0 Å². The third-order valence-electron chi connectivity index (χ3n) is 4.70. The van der Waals surface area contributed by atoms with Gasteiger partial charge < -0.3 is 14.2 Å². The summed E-state index contributed by atoms with van der Waals surface area (Å²) < 4.78 is 6.08. The van der Waals surface area contributed by atoms with E-state index in [-0.39, 0.29) is 0 Å². The molecule has 4 heterocycles. The first-order chi connectivity index (χ1) is 12.5. The van der Waals surface area contributed by atoms with Crippen LogP contribution in [0.15, 0.2) is 53.3 Å². The van der Waals surface area contributed by atoms with E-state index in [1.165, 1.54) is 0 Å². The van der Waals surface area contributed by atoms with Crippen molar-refractivity contribution in [3.8, 4) is 0 Å². The molecule has 0 amide bonds. The third-order valence-corrected chi connectivity index (χ3v) is 4.70. The molecule has 0 saturated carbocycles. The predicted octanol–water partition coefficient (Wildman–Crippen LogP) is 3.59. The van der Waals surface area contributed by atoms with Crippen LogP contribution in [0.3, 0.4) is 0 Å². The van der Waals surface area contributed by atoms with Crippen LogP contribution in [0.5, 0.6) is 0 Å². The van der Waals surface area contributed by atoms with Crippen molar-refractivity contribution in [2.75, 3.05) is 16.5 Å². The monoisotopic (exact) mass is 341 g/mol. The Morgan fingerprint density at radius 3 is 2.54 bits per heavy atom. The first-order valence-electron chi connectivity index (χ1n) is 8.45. The molecule has 0 unspecified atom stereocenters. The van der Waals surface area contributed by atoms with E-state index in [4.69, 9.17) is 12.3 Å². The number of hydrogen-bond donors (Lipinski definition) is 0. The van der Waals surface area contributed by atoms with Crippen molar-refractivity contribution in [3.63, 3.8) is 0 Å². The van der Waals surface area contributed by atoms with Crippen molar-refractivity contribution in [3.05, 3.63) is 48.9 Å². The van der Waals surface area contributed by atoms with E-state index in [9.17, 15) is 0 Å². The molecule has 1 aromatic carbocycles. The first-order valence-corrected chi connectivity index (χ1v) is 8.45. The van der Waals surface area contributed by atoms with Crippen LogP contribution < -0.4 is 9.80 Å². The van der Waals surface area contributed by atoms with Crippen molar-refractivity contribution in [2.45, 2.75) is 19.3 Å². The fourth-order valence-electron chi connectivity index (χ4n) is 3.46. The predicted molar refractivity (Wildman–Crippen MR) is 103 cm³/mol. The topological polar surface area (TPSA) is 58.3 Å². The summed E-state index contributed by atoms with van der Waals surface area (Å²) in [4.78, 5) is 17.5. The van der Waals surface area contributed by atoms with Crippen LogP contribution in [-0.2, 0) is 0 Å². The van der Waals surface area contributed by atoms with Crippen molar-refractivity contribution in [1.29, 1.82) is 0 Å². The molecule has 126 valence electrons. The van der Waals surface area contributed by atoms with Crippen molar-refractivity contribution in [2.24, 2.45) is 0 Å². The summed E-state index contributed by atoms with van der Waals surface area (Å²) in [7, 11) is 6.37. The Labute approximate surface area is 151 Å². The molecule has 0 fully saturated rings. The van der Waals surface area contributed by atoms with E-state index < -0.39 is 5.44 Å². The van der Waals surface area contributed by atoms with E-state index in [2.05, 4.69) is 19.9 Å². The van der Waals surface area contributed by atoms with Gasteiger partial charge >= 0.3 is 0 Å². The second-order valence-corrected chi connectivity index (χ2v) is 6.97. The van der Waals surface area contributed by atoms with Crippen molar-refractivity contribution in [1.82, 2.24) is 15.0 Å². The molecule has 0 N–H and O–H groups in total. The second kappa shape index (κ2) is 5.21. The average molecular weight is 341 g/mol. The highest BCUT2D eigenvalue weighted by Gasteiger charge is 2.36. The maximum atomic E-state index is 6.37. The molecule has 0 atom stereocenters. The highest BCUT2D eigenvalue weighted by molar-refractivity contribution is 6.17. The lowest BCUT2D eigenvalue weighted by atomic mass is 9.80. The molecule has 26 heavy (non-hydrogen) atoms. The SMILES string of the molecule is [B]C(C)(C)N1CN(c2cccc3c2oc2ncccc23)c2nccnc21. The van der Waals surface area contributed by atoms with Crippen LogP contribution >= 0.6 is 0 Å². The number of pyridine rings is 1. The molecule has 2 radical (unpaired) electrons. The van der Waals surface area contributed by atoms with Gasteiger partial charge in [0.05, 0.1) is 12.4 Å². The van der Waals surface area contributed by atoms with Crippen molar-refractivity contribution >= 4 is 47.2 Å². The normalized spacial score (nSPS) is 14.4. The number of fused-ring (bicyclic) bond motifs is 4. The summed E-state index contributed by atoms with van der Waals surface area (Å²) in [6.07, 6.45) is 5.12. The molecule has 7 heteroatoms. The number of nitrogens with zero attached hydrogens (tertiary/aromatic N) is 5. The second-order valence-electron chi connectivity index (χ2n) is 6.97. The standard InChI is InChI=1S/C19H16BN5O/c1-19(2,20)25-11-24(16-17(25)22-10-9-21-16)14-7-3-5-12-13-6-4-8-23-18(13)26-15(12)14/h3-10H,11H2,1-2H3. The van der Waals surface area contributed by atoms with E-state index >= 15 is 0 Å². The van der Waals surface area contributed by atoms with Gasteiger partial charge in [-0.1, -0.05) is 26.0 Å². The van der Waals surface area contributed by atoms with Gasteiger partial charge in [0.2, 0.25) is 5.71 Å². The lowest BCUT2D eigenvalue weighted by Gasteiger charge is -2.33. The van der Waals surface area contributed by atoms with Crippen LogP contribution in [-0.4, -0.2) is 34.9 Å². The lowest BCUT2D eigenvalue weighted by Crippen LogP contribution is -2.46. The van der Waals surface area contributed by atoms with Crippen LogP contribution in [0.4, 0.5) is 17.3 Å². The van der Waals surface area contributed by atoms with Gasteiger partial charge in [-0.05, 0) is 23.6 Å². The van der Waals surface area contributed by atoms with Gasteiger partial charge in [-0.15, -0.1) is 0 Å². The molecule has 4 aromatic rings. The molecular weight excluding hydrogens is 325 g/mol. The summed E-state index contributed by atoms with van der Waals surface area (Å²) in [6, 6.07) is 10.0. The van der Waals surface area contributed by atoms with Crippen LogP contribution in [0, 0.1) is 0 Å². The van der Waals surface area contributed by atoms with Crippen molar-refractivity contribution < 1.29 is 4.42 Å². The van der Waals surface area contributed by atoms with Gasteiger partial charge in [-0.25, -0.2) is 15.0 Å². The molecule has 0 bridgehead atoms. The Morgan fingerprint density at radius 1 is 0.962 bits per heavy atom. The fraction of sp³-hybridized carbons (Fsp3) is 0.211. The average Bonchev–Trinajstić information content (AvgIpc) is 3.20. The maximum absolute atomic E-state index is 6.37. The molecule has 1 aliphatic rings. The molecule has 0 aliphatic carbocycles. The molecule has 0 spiro atoms. The Bertz CT molecular complexity index is 1130. The number of hydrogen-bond acceptors (Lipinski definition) is 6. The zero-order chi connectivity index (χ0) is 17.9. The minimum atomic E-state index is -0.567. The van der Waals surface area contributed by atoms with Crippen LogP contribution in [0.1, 0.15) is 13.8 Å². The summed E-state index contributed by atoms with van der Waals surface area (Å²) >= 11 is 0. The maximum Gasteiger partial charge on any atom is 0.227 e. The van der Waals surface area contributed by atoms with Gasteiger partial charge in [-0.2, -0.15) is 0 Å². The summed E-state index contributed by atoms with van der Waals surface area (Å²) in [5, 5.41) is 2.03. The zero-order valence-electron chi connectivity index (χ0n) is 14.5. The van der Waals surface area contributed by atoms with Gasteiger partial charge in [-0.3, -0.25) is 0 Å². The molecular formula is C19H16BN5O. The first kappa shape index (κ1) is 15.2. The van der Waals surface area contributed by atoms with Gasteiger partial charge in [0, 0.05) is 29.4 Å². The highest BCUT2D eigenvalue weighted by Crippen LogP contribution is 2.43. The van der Waals surface area contributed by atoms with E-state index in [1.807, 2.05) is 49.1 Å². The molecule has 6 nitrogen and oxygen atoms in total. The summed E-state index contributed by atoms with van der Waals surface area (Å²) in [5.74, 6) is 1.54. The number of furan rings is 1. The van der Waals surface area contributed by atoms with Gasteiger partial charge in [0.15, 0.2) is 17.2 Å². The Morgan fingerprint density at radius 2 is 1.73 bits per heavy atom. The number of aromatic nitrogens is 3. The Balaban J connectivity index is 1.74. The van der Waals surface area contributed by atoms with E-state index in [0.717, 1.165) is 33.7 Å². The summed E-state index contributed by atoms with van der Waals surface area (Å²) in [5.41, 5.74) is 1.77.